The summed E-state index contributed by atoms with van der Waals surface area (Å²) in [6.07, 6.45) is 0. The molecule has 0 saturated carbocycles. The standard InChI is InChI=1S/C15H14ClFN2O2/c1-8-5-9(18)6-11(14(8)17)15(20)19-13-7-10(21-2)3-4-12(13)16/h3-7H,18H2,1-2H3,(H,19,20). The quantitative estimate of drug-likeness (QED) is 0.851. The number of ether oxygens (including phenoxy) is 1. The molecule has 6 heteroatoms. The van der Waals surface area contributed by atoms with Crippen LogP contribution in [0.1, 0.15) is 15.9 Å². The third kappa shape index (κ3) is 3.25. The first-order valence-electron chi connectivity index (χ1n) is 6.13. The largest absolute Gasteiger partial charge is 0.497 e. The number of anilines is 2. The molecule has 0 aliphatic rings. The Morgan fingerprint density at radius 1 is 1.33 bits per heavy atom. The number of nitrogens with one attached hydrogen (secondary N) is 1. The Kier molecular flexibility index (Phi) is 4.33. The van der Waals surface area contributed by atoms with Crippen molar-refractivity contribution in [3.8, 4) is 5.75 Å². The van der Waals surface area contributed by atoms with Crippen LogP contribution >= 0.6 is 11.6 Å². The average molecular weight is 309 g/mol. The zero-order chi connectivity index (χ0) is 15.6. The van der Waals surface area contributed by atoms with Gasteiger partial charge in [0.25, 0.3) is 5.91 Å². The molecule has 0 bridgehead atoms. The highest BCUT2D eigenvalue weighted by Crippen LogP contribution is 2.27. The van der Waals surface area contributed by atoms with Gasteiger partial charge in [-0.25, -0.2) is 4.39 Å². The molecule has 0 saturated heterocycles. The van der Waals surface area contributed by atoms with Gasteiger partial charge in [0.15, 0.2) is 0 Å². The zero-order valence-electron chi connectivity index (χ0n) is 11.5. The highest BCUT2D eigenvalue weighted by molar-refractivity contribution is 6.34. The van der Waals surface area contributed by atoms with Gasteiger partial charge in [0.1, 0.15) is 11.6 Å². The van der Waals surface area contributed by atoms with Crippen LogP contribution in [0.2, 0.25) is 5.02 Å². The molecule has 4 nitrogen and oxygen atoms in total. The summed E-state index contributed by atoms with van der Waals surface area (Å²) in [5.41, 5.74) is 6.46. The molecule has 0 aliphatic carbocycles. The lowest BCUT2D eigenvalue weighted by Gasteiger charge is -2.11. The van der Waals surface area contributed by atoms with Crippen LogP contribution in [0, 0.1) is 12.7 Å². The number of carbonyl (C=O) groups excluding carboxylic acids is 1. The second-order valence-electron chi connectivity index (χ2n) is 4.50. The Labute approximate surface area is 126 Å². The van der Waals surface area contributed by atoms with Crippen LogP contribution in [0.3, 0.4) is 0 Å². The van der Waals surface area contributed by atoms with E-state index < -0.39 is 11.7 Å². The SMILES string of the molecule is COc1ccc(Cl)c(NC(=O)c2cc(N)cc(C)c2F)c1. The molecule has 2 aromatic carbocycles. The Morgan fingerprint density at radius 3 is 2.71 bits per heavy atom. The van der Waals surface area contributed by atoms with Gasteiger partial charge < -0.3 is 15.8 Å². The number of hydrogen-bond acceptors (Lipinski definition) is 3. The van der Waals surface area contributed by atoms with Crippen molar-refractivity contribution < 1.29 is 13.9 Å². The highest BCUT2D eigenvalue weighted by atomic mass is 35.5. The molecule has 2 rings (SSSR count). The van der Waals surface area contributed by atoms with Crippen molar-refractivity contribution in [2.45, 2.75) is 6.92 Å². The van der Waals surface area contributed by atoms with Crippen molar-refractivity contribution in [3.05, 3.63) is 52.3 Å². The smallest absolute Gasteiger partial charge is 0.258 e. The molecule has 1 amide bonds. The van der Waals surface area contributed by atoms with E-state index in [1.54, 1.807) is 25.1 Å². The van der Waals surface area contributed by atoms with Gasteiger partial charge in [-0.1, -0.05) is 11.6 Å². The molecule has 0 fully saturated rings. The Morgan fingerprint density at radius 2 is 2.05 bits per heavy atom. The topological polar surface area (TPSA) is 64.3 Å². The van der Waals surface area contributed by atoms with E-state index in [9.17, 15) is 9.18 Å². The number of halogens is 2. The molecular weight excluding hydrogens is 295 g/mol. The third-order valence-corrected chi connectivity index (χ3v) is 3.27. The van der Waals surface area contributed by atoms with E-state index in [0.717, 1.165) is 0 Å². The average Bonchev–Trinajstić information content (AvgIpc) is 2.45. The van der Waals surface area contributed by atoms with E-state index in [-0.39, 0.29) is 5.56 Å². The molecule has 3 N–H and O–H groups in total. The molecule has 0 heterocycles. The van der Waals surface area contributed by atoms with Gasteiger partial charge in [0, 0.05) is 11.8 Å². The van der Waals surface area contributed by atoms with Crippen LogP contribution in [-0.2, 0) is 0 Å². The number of rotatable bonds is 3. The molecule has 2 aromatic rings. The number of hydrogen-bond donors (Lipinski definition) is 2. The first-order valence-corrected chi connectivity index (χ1v) is 6.50. The van der Waals surface area contributed by atoms with Crippen molar-refractivity contribution in [2.24, 2.45) is 0 Å². The minimum absolute atomic E-state index is 0.133. The number of amides is 1. The predicted octanol–water partition coefficient (Wildman–Crippen LogP) is 3.63. The summed E-state index contributed by atoms with van der Waals surface area (Å²) in [4.78, 5) is 12.2. The first kappa shape index (κ1) is 15.1. The molecule has 0 aromatic heterocycles. The van der Waals surface area contributed by atoms with E-state index in [1.807, 2.05) is 0 Å². The van der Waals surface area contributed by atoms with Crippen LogP contribution in [0.25, 0.3) is 0 Å². The maximum atomic E-state index is 14.0. The number of nitrogen functional groups attached to an aromatic ring is 1. The molecule has 0 radical (unpaired) electrons. The van der Waals surface area contributed by atoms with E-state index >= 15 is 0 Å². The van der Waals surface area contributed by atoms with Crippen LogP contribution in [-0.4, -0.2) is 13.0 Å². The lowest BCUT2D eigenvalue weighted by atomic mass is 10.1. The summed E-state index contributed by atoms with van der Waals surface area (Å²) < 4.78 is 19.1. The van der Waals surface area contributed by atoms with Crippen LogP contribution in [0.4, 0.5) is 15.8 Å². The van der Waals surface area contributed by atoms with E-state index in [0.29, 0.717) is 27.7 Å². The maximum absolute atomic E-state index is 14.0. The summed E-state index contributed by atoms with van der Waals surface area (Å²) in [6.45, 7) is 1.54. The van der Waals surface area contributed by atoms with Gasteiger partial charge in [-0.05, 0) is 36.8 Å². The van der Waals surface area contributed by atoms with Gasteiger partial charge in [-0.2, -0.15) is 0 Å². The minimum Gasteiger partial charge on any atom is -0.497 e. The van der Waals surface area contributed by atoms with Gasteiger partial charge in [-0.15, -0.1) is 0 Å². The molecular formula is C15H14ClFN2O2. The van der Waals surface area contributed by atoms with Crippen molar-refractivity contribution >= 4 is 28.9 Å². The second kappa shape index (κ2) is 6.01. The number of aryl methyl sites for hydroxylation is 1. The van der Waals surface area contributed by atoms with Gasteiger partial charge in [-0.3, -0.25) is 4.79 Å². The molecule has 0 atom stereocenters. The summed E-state index contributed by atoms with van der Waals surface area (Å²) in [5.74, 6) is -0.710. The van der Waals surface area contributed by atoms with Crippen LogP contribution in [0.5, 0.6) is 5.75 Å². The fourth-order valence-corrected chi connectivity index (χ4v) is 2.04. The normalized spacial score (nSPS) is 10.3. The Bertz CT molecular complexity index is 704. The van der Waals surface area contributed by atoms with Crippen molar-refractivity contribution in [3.63, 3.8) is 0 Å². The van der Waals surface area contributed by atoms with E-state index in [2.05, 4.69) is 5.32 Å². The van der Waals surface area contributed by atoms with Crippen molar-refractivity contribution in [1.29, 1.82) is 0 Å². The van der Waals surface area contributed by atoms with Crippen molar-refractivity contribution in [1.82, 2.24) is 0 Å². The Balaban J connectivity index is 2.34. The fourth-order valence-electron chi connectivity index (χ4n) is 1.88. The van der Waals surface area contributed by atoms with Crippen LogP contribution < -0.4 is 15.8 Å². The van der Waals surface area contributed by atoms with Gasteiger partial charge in [0.2, 0.25) is 0 Å². The van der Waals surface area contributed by atoms with Gasteiger partial charge in [0.05, 0.1) is 23.4 Å². The number of nitrogens with two attached hydrogens (primary N) is 1. The minimum atomic E-state index is -0.627. The first-order chi connectivity index (χ1) is 9.92. The number of carbonyl (C=O) groups is 1. The molecule has 0 unspecified atom stereocenters. The molecule has 110 valence electrons. The van der Waals surface area contributed by atoms with Crippen LogP contribution in [0.15, 0.2) is 30.3 Å². The molecule has 0 aliphatic heterocycles. The summed E-state index contributed by atoms with van der Waals surface area (Å²) in [6, 6.07) is 7.54. The monoisotopic (exact) mass is 308 g/mol. The third-order valence-electron chi connectivity index (χ3n) is 2.94. The second-order valence-corrected chi connectivity index (χ2v) is 4.91. The van der Waals surface area contributed by atoms with Gasteiger partial charge >= 0.3 is 0 Å². The summed E-state index contributed by atoms with van der Waals surface area (Å²) in [7, 11) is 1.50. The summed E-state index contributed by atoms with van der Waals surface area (Å²) in [5, 5.41) is 2.87. The fraction of sp³-hybridized carbons (Fsp3) is 0.133. The highest BCUT2D eigenvalue weighted by Gasteiger charge is 2.16. The Hall–Kier alpha value is -2.27. The van der Waals surface area contributed by atoms with Crippen molar-refractivity contribution in [2.75, 3.05) is 18.2 Å². The number of methoxy groups -OCH3 is 1. The zero-order valence-corrected chi connectivity index (χ0v) is 12.3. The van der Waals surface area contributed by atoms with E-state index in [4.69, 9.17) is 22.1 Å². The summed E-state index contributed by atoms with van der Waals surface area (Å²) >= 11 is 6.00. The molecule has 21 heavy (non-hydrogen) atoms. The lowest BCUT2D eigenvalue weighted by Crippen LogP contribution is -2.15. The lowest BCUT2D eigenvalue weighted by molar-refractivity contribution is 0.102. The maximum Gasteiger partial charge on any atom is 0.258 e. The van der Waals surface area contributed by atoms with E-state index in [1.165, 1.54) is 19.2 Å². The number of benzene rings is 2. The predicted molar refractivity (Wildman–Crippen MR) is 81.5 cm³/mol. The molecule has 0 spiro atoms.